The fourth-order valence-electron chi connectivity index (χ4n) is 3.77. The second-order valence-corrected chi connectivity index (χ2v) is 7.29. The molecular formula is C17H18N2O2S. The molecule has 1 fully saturated rings. The summed E-state index contributed by atoms with van der Waals surface area (Å²) in [7, 11) is 0. The SMILES string of the molecule is O=C(Cc1cccs1)N1CC2CC(C1)c1cccc(=O)n1C2. The van der Waals surface area contributed by atoms with Crippen LogP contribution in [0.5, 0.6) is 0 Å². The van der Waals surface area contributed by atoms with Crippen molar-refractivity contribution in [2.24, 2.45) is 5.92 Å². The number of thiophene rings is 1. The predicted molar refractivity (Wildman–Crippen MR) is 86.2 cm³/mol. The first-order valence-corrected chi connectivity index (χ1v) is 8.58. The number of hydrogen-bond acceptors (Lipinski definition) is 3. The van der Waals surface area contributed by atoms with Gasteiger partial charge in [0.05, 0.1) is 6.42 Å². The lowest BCUT2D eigenvalue weighted by Gasteiger charge is -2.42. The summed E-state index contributed by atoms with van der Waals surface area (Å²) in [5.41, 5.74) is 1.18. The van der Waals surface area contributed by atoms with Crippen molar-refractivity contribution in [3.8, 4) is 0 Å². The van der Waals surface area contributed by atoms with Crippen molar-refractivity contribution < 1.29 is 4.79 Å². The summed E-state index contributed by atoms with van der Waals surface area (Å²) in [4.78, 5) is 27.7. The second kappa shape index (κ2) is 5.39. The molecule has 0 saturated carbocycles. The lowest BCUT2D eigenvalue weighted by atomic mass is 9.83. The maximum absolute atomic E-state index is 12.5. The number of fused-ring (bicyclic) bond motifs is 4. The molecule has 1 amide bonds. The molecule has 5 heteroatoms. The van der Waals surface area contributed by atoms with Gasteiger partial charge in [0.15, 0.2) is 0 Å². The average molecular weight is 314 g/mol. The molecule has 2 aromatic heterocycles. The van der Waals surface area contributed by atoms with Gasteiger partial charge in [-0.25, -0.2) is 0 Å². The van der Waals surface area contributed by atoms with Crippen LogP contribution >= 0.6 is 11.3 Å². The van der Waals surface area contributed by atoms with Crippen LogP contribution in [0, 0.1) is 5.92 Å². The van der Waals surface area contributed by atoms with E-state index in [-0.39, 0.29) is 11.5 Å². The van der Waals surface area contributed by atoms with Crippen molar-refractivity contribution in [2.75, 3.05) is 13.1 Å². The molecule has 22 heavy (non-hydrogen) atoms. The zero-order valence-corrected chi connectivity index (χ0v) is 13.1. The highest BCUT2D eigenvalue weighted by Crippen LogP contribution is 2.35. The standard InChI is InChI=1S/C17H18N2O2S/c20-16-5-1-4-15-13-7-12(10-19(15)16)9-18(11-13)17(21)8-14-3-2-6-22-14/h1-6,12-13H,7-11H2. The molecule has 4 nitrogen and oxygen atoms in total. The summed E-state index contributed by atoms with van der Waals surface area (Å²) >= 11 is 1.63. The highest BCUT2D eigenvalue weighted by Gasteiger charge is 2.36. The maximum atomic E-state index is 12.5. The summed E-state index contributed by atoms with van der Waals surface area (Å²) < 4.78 is 1.90. The summed E-state index contributed by atoms with van der Waals surface area (Å²) in [5.74, 6) is 0.913. The number of aromatic nitrogens is 1. The van der Waals surface area contributed by atoms with E-state index in [1.807, 2.05) is 39.1 Å². The normalized spacial score (nSPS) is 23.2. The first kappa shape index (κ1) is 13.8. The number of amides is 1. The summed E-state index contributed by atoms with van der Waals surface area (Å²) in [5, 5.41) is 2.01. The molecule has 1 saturated heterocycles. The van der Waals surface area contributed by atoms with Crippen molar-refractivity contribution >= 4 is 17.2 Å². The third-order valence-electron chi connectivity index (χ3n) is 4.74. The lowest BCUT2D eigenvalue weighted by molar-refractivity contribution is -0.133. The molecule has 0 aromatic carbocycles. The van der Waals surface area contributed by atoms with Gasteiger partial charge in [-0.15, -0.1) is 11.3 Å². The molecule has 2 aliphatic rings. The number of likely N-dealkylation sites (tertiary alicyclic amines) is 1. The van der Waals surface area contributed by atoms with E-state index in [9.17, 15) is 9.59 Å². The molecule has 2 atom stereocenters. The van der Waals surface area contributed by atoms with E-state index in [1.165, 1.54) is 0 Å². The maximum Gasteiger partial charge on any atom is 0.250 e. The van der Waals surface area contributed by atoms with Crippen molar-refractivity contribution in [2.45, 2.75) is 25.3 Å². The van der Waals surface area contributed by atoms with Gasteiger partial charge < -0.3 is 9.47 Å². The van der Waals surface area contributed by atoms with Crippen LogP contribution in [0.25, 0.3) is 0 Å². The first-order chi connectivity index (χ1) is 10.7. The molecule has 4 rings (SSSR count). The highest BCUT2D eigenvalue weighted by atomic mass is 32.1. The predicted octanol–water partition coefficient (Wildman–Crippen LogP) is 2.10. The third-order valence-corrected chi connectivity index (χ3v) is 5.61. The Kier molecular flexibility index (Phi) is 3.37. The Morgan fingerprint density at radius 1 is 1.18 bits per heavy atom. The van der Waals surface area contributed by atoms with Gasteiger partial charge in [0.2, 0.25) is 5.91 Å². The smallest absolute Gasteiger partial charge is 0.250 e. The van der Waals surface area contributed by atoms with E-state index < -0.39 is 0 Å². The largest absolute Gasteiger partial charge is 0.341 e. The number of hydrogen-bond donors (Lipinski definition) is 0. The van der Waals surface area contributed by atoms with Crippen LogP contribution in [0.2, 0.25) is 0 Å². The molecule has 2 aliphatic heterocycles. The van der Waals surface area contributed by atoms with E-state index >= 15 is 0 Å². The Balaban J connectivity index is 1.56. The Morgan fingerprint density at radius 3 is 2.91 bits per heavy atom. The molecule has 0 radical (unpaired) electrons. The summed E-state index contributed by atoms with van der Waals surface area (Å²) in [6.07, 6.45) is 1.59. The zero-order chi connectivity index (χ0) is 15.1. The van der Waals surface area contributed by atoms with E-state index in [2.05, 4.69) is 0 Å². The second-order valence-electron chi connectivity index (χ2n) is 6.25. The minimum absolute atomic E-state index is 0.0885. The Labute approximate surface area is 133 Å². The van der Waals surface area contributed by atoms with E-state index in [0.717, 1.165) is 36.6 Å². The minimum atomic E-state index is 0.0885. The molecule has 2 bridgehead atoms. The van der Waals surface area contributed by atoms with E-state index in [0.29, 0.717) is 18.3 Å². The van der Waals surface area contributed by atoms with Gasteiger partial charge in [-0.1, -0.05) is 12.1 Å². The highest BCUT2D eigenvalue weighted by molar-refractivity contribution is 7.10. The molecule has 0 N–H and O–H groups in total. The van der Waals surface area contributed by atoms with Crippen LogP contribution in [-0.4, -0.2) is 28.5 Å². The number of piperidine rings is 1. The molecule has 0 spiro atoms. The van der Waals surface area contributed by atoms with Crippen LogP contribution in [-0.2, 0) is 17.8 Å². The fraction of sp³-hybridized carbons (Fsp3) is 0.412. The van der Waals surface area contributed by atoms with Crippen LogP contribution in [0.15, 0.2) is 40.5 Å². The van der Waals surface area contributed by atoms with Gasteiger partial charge in [0.1, 0.15) is 0 Å². The van der Waals surface area contributed by atoms with Crippen LogP contribution in [0.4, 0.5) is 0 Å². The Bertz CT molecular complexity index is 750. The number of carbonyl (C=O) groups is 1. The molecule has 2 aromatic rings. The summed E-state index contributed by atoms with van der Waals surface area (Å²) in [6.45, 7) is 2.26. The topological polar surface area (TPSA) is 42.3 Å². The Hall–Kier alpha value is -1.88. The van der Waals surface area contributed by atoms with Crippen LogP contribution in [0.1, 0.15) is 22.9 Å². The number of carbonyl (C=O) groups excluding carboxylic acids is 1. The van der Waals surface area contributed by atoms with Gasteiger partial charge in [-0.2, -0.15) is 0 Å². The van der Waals surface area contributed by atoms with Gasteiger partial charge in [0.25, 0.3) is 5.56 Å². The monoisotopic (exact) mass is 314 g/mol. The van der Waals surface area contributed by atoms with Gasteiger partial charge in [0, 0.05) is 42.2 Å². The first-order valence-electron chi connectivity index (χ1n) is 7.70. The minimum Gasteiger partial charge on any atom is -0.341 e. The third kappa shape index (κ3) is 2.39. The van der Waals surface area contributed by atoms with Gasteiger partial charge >= 0.3 is 0 Å². The molecule has 114 valence electrons. The van der Waals surface area contributed by atoms with Crippen LogP contribution < -0.4 is 5.56 Å². The van der Waals surface area contributed by atoms with Crippen molar-refractivity contribution in [1.29, 1.82) is 0 Å². The molecule has 2 unspecified atom stereocenters. The Morgan fingerprint density at radius 2 is 2.09 bits per heavy atom. The molecule has 0 aliphatic carbocycles. The van der Waals surface area contributed by atoms with E-state index in [4.69, 9.17) is 0 Å². The van der Waals surface area contributed by atoms with Crippen molar-refractivity contribution in [3.63, 3.8) is 0 Å². The molecule has 4 heterocycles. The zero-order valence-electron chi connectivity index (χ0n) is 12.3. The summed E-state index contributed by atoms with van der Waals surface area (Å²) in [6, 6.07) is 9.50. The number of nitrogens with zero attached hydrogens (tertiary/aromatic N) is 2. The van der Waals surface area contributed by atoms with Gasteiger partial charge in [-0.05, 0) is 29.9 Å². The van der Waals surface area contributed by atoms with Gasteiger partial charge in [-0.3, -0.25) is 9.59 Å². The van der Waals surface area contributed by atoms with Crippen molar-refractivity contribution in [3.05, 3.63) is 56.6 Å². The number of rotatable bonds is 2. The van der Waals surface area contributed by atoms with Crippen LogP contribution in [0.3, 0.4) is 0 Å². The average Bonchev–Trinajstić information content (AvgIpc) is 3.01. The van der Waals surface area contributed by atoms with E-state index in [1.54, 1.807) is 17.4 Å². The van der Waals surface area contributed by atoms with Crippen molar-refractivity contribution in [1.82, 2.24) is 9.47 Å². The lowest BCUT2D eigenvalue weighted by Crippen LogP contribution is -2.49. The fourth-order valence-corrected chi connectivity index (χ4v) is 4.47. The molecular weight excluding hydrogens is 296 g/mol. The quantitative estimate of drug-likeness (QED) is 0.852. The number of pyridine rings is 1.